The first-order chi connectivity index (χ1) is 14.7. The fourth-order valence-electron chi connectivity index (χ4n) is 4.40. The highest BCUT2D eigenvalue weighted by Gasteiger charge is 2.26. The second-order valence-corrected chi connectivity index (χ2v) is 8.14. The first-order valence-corrected chi connectivity index (χ1v) is 11.0. The van der Waals surface area contributed by atoms with Crippen LogP contribution in [0.2, 0.25) is 0 Å². The van der Waals surface area contributed by atoms with Crippen LogP contribution in [0.15, 0.2) is 36.5 Å². The minimum absolute atomic E-state index is 0.0240. The van der Waals surface area contributed by atoms with Crippen LogP contribution in [0.5, 0.6) is 5.75 Å². The van der Waals surface area contributed by atoms with Gasteiger partial charge in [0, 0.05) is 31.2 Å². The second-order valence-electron chi connectivity index (χ2n) is 8.14. The van der Waals surface area contributed by atoms with E-state index >= 15 is 0 Å². The van der Waals surface area contributed by atoms with E-state index in [0.717, 1.165) is 69.5 Å². The van der Waals surface area contributed by atoms with Gasteiger partial charge in [0.1, 0.15) is 5.75 Å². The van der Waals surface area contributed by atoms with E-state index in [1.807, 2.05) is 34.0 Å². The summed E-state index contributed by atoms with van der Waals surface area (Å²) in [5, 5.41) is 12.0. The largest absolute Gasteiger partial charge is 0.496 e. The Morgan fingerprint density at radius 2 is 1.97 bits per heavy atom. The van der Waals surface area contributed by atoms with E-state index in [4.69, 9.17) is 4.74 Å². The number of carbonyl (C=O) groups excluding carboxylic acids is 1. The number of para-hydroxylation sites is 1. The third-order valence-corrected chi connectivity index (χ3v) is 6.15. The summed E-state index contributed by atoms with van der Waals surface area (Å²) in [6.45, 7) is 2.52. The number of likely N-dealkylation sites (tertiary alicyclic amines) is 1. The molecule has 1 saturated heterocycles. The Bertz CT molecular complexity index is 864. The average molecular weight is 410 g/mol. The molecule has 1 aromatic heterocycles. The first kappa shape index (κ1) is 20.6. The molecule has 0 unspecified atom stereocenters. The van der Waals surface area contributed by atoms with Gasteiger partial charge >= 0.3 is 0 Å². The molecule has 160 valence electrons. The van der Waals surface area contributed by atoms with E-state index in [-0.39, 0.29) is 5.91 Å². The van der Waals surface area contributed by atoms with Crippen molar-refractivity contribution >= 4 is 12.0 Å². The predicted molar refractivity (Wildman–Crippen MR) is 116 cm³/mol. The van der Waals surface area contributed by atoms with Crippen molar-refractivity contribution in [3.05, 3.63) is 47.8 Å². The monoisotopic (exact) mass is 409 g/mol. The molecule has 7 heteroatoms. The molecule has 4 rings (SSSR count). The van der Waals surface area contributed by atoms with Gasteiger partial charge in [-0.2, -0.15) is 0 Å². The van der Waals surface area contributed by atoms with Crippen LogP contribution in [-0.2, 0) is 0 Å². The van der Waals surface area contributed by atoms with Gasteiger partial charge in [0.05, 0.1) is 19.3 Å². The van der Waals surface area contributed by atoms with Crippen LogP contribution >= 0.6 is 0 Å². The van der Waals surface area contributed by atoms with Gasteiger partial charge in [-0.3, -0.25) is 4.79 Å². The van der Waals surface area contributed by atoms with Crippen molar-refractivity contribution in [2.24, 2.45) is 0 Å². The maximum atomic E-state index is 12.5. The number of hydrogen-bond donors (Lipinski definition) is 1. The highest BCUT2D eigenvalue weighted by molar-refractivity contribution is 5.92. The maximum absolute atomic E-state index is 12.5. The van der Waals surface area contributed by atoms with E-state index in [2.05, 4.69) is 33.8 Å². The van der Waals surface area contributed by atoms with Gasteiger partial charge in [-0.05, 0) is 44.6 Å². The zero-order valence-corrected chi connectivity index (χ0v) is 17.7. The van der Waals surface area contributed by atoms with Crippen LogP contribution in [0.3, 0.4) is 0 Å². The van der Waals surface area contributed by atoms with Gasteiger partial charge in [-0.25, -0.2) is 4.68 Å². The Morgan fingerprint density at radius 3 is 2.73 bits per heavy atom. The average Bonchev–Trinajstić information content (AvgIpc) is 3.50. The number of hydrogen-bond acceptors (Lipinski definition) is 5. The smallest absolute Gasteiger partial charge is 0.276 e. The van der Waals surface area contributed by atoms with Crippen LogP contribution in [0.1, 0.15) is 60.6 Å². The summed E-state index contributed by atoms with van der Waals surface area (Å²) in [4.78, 5) is 14.4. The summed E-state index contributed by atoms with van der Waals surface area (Å²) in [7, 11) is 1.70. The van der Waals surface area contributed by atoms with Gasteiger partial charge in [-0.15, -0.1) is 5.10 Å². The van der Waals surface area contributed by atoms with E-state index in [9.17, 15) is 4.79 Å². The Balaban J connectivity index is 1.22. The Labute approximate surface area is 178 Å². The summed E-state index contributed by atoms with van der Waals surface area (Å²) < 4.78 is 7.29. The van der Waals surface area contributed by atoms with Crippen LogP contribution in [-0.4, -0.2) is 58.6 Å². The first-order valence-electron chi connectivity index (χ1n) is 11.0. The molecule has 0 spiro atoms. The zero-order chi connectivity index (χ0) is 20.8. The lowest BCUT2D eigenvalue weighted by Crippen LogP contribution is -2.34. The van der Waals surface area contributed by atoms with E-state index in [0.29, 0.717) is 17.8 Å². The molecule has 1 aliphatic carbocycles. The number of rotatable bonds is 7. The van der Waals surface area contributed by atoms with Crippen molar-refractivity contribution in [3.8, 4) is 5.75 Å². The van der Waals surface area contributed by atoms with Crippen LogP contribution in [0, 0.1) is 0 Å². The van der Waals surface area contributed by atoms with E-state index < -0.39 is 0 Å². The van der Waals surface area contributed by atoms with Gasteiger partial charge in [0.15, 0.2) is 5.69 Å². The third kappa shape index (κ3) is 4.90. The zero-order valence-electron chi connectivity index (χ0n) is 17.7. The quantitative estimate of drug-likeness (QED) is 0.760. The number of benzene rings is 1. The molecule has 1 aliphatic heterocycles. The predicted octanol–water partition coefficient (Wildman–Crippen LogP) is 3.31. The van der Waals surface area contributed by atoms with Crippen molar-refractivity contribution in [1.29, 1.82) is 0 Å². The summed E-state index contributed by atoms with van der Waals surface area (Å²) in [6, 6.07) is 8.88. The normalized spacial score (nSPS) is 22.0. The number of carbonyl (C=O) groups is 1. The van der Waals surface area contributed by atoms with Crippen molar-refractivity contribution in [3.63, 3.8) is 0 Å². The molecule has 0 bridgehead atoms. The van der Waals surface area contributed by atoms with Crippen molar-refractivity contribution in [2.45, 2.75) is 50.6 Å². The lowest BCUT2D eigenvalue weighted by Gasteiger charge is -2.28. The molecular formula is C23H31N5O2. The van der Waals surface area contributed by atoms with Crippen molar-refractivity contribution in [2.75, 3.05) is 26.7 Å². The molecule has 2 aromatic rings. The topological polar surface area (TPSA) is 72.3 Å². The molecule has 7 nitrogen and oxygen atoms in total. The third-order valence-electron chi connectivity index (χ3n) is 6.15. The van der Waals surface area contributed by atoms with Crippen LogP contribution < -0.4 is 10.1 Å². The Kier molecular flexibility index (Phi) is 6.79. The molecule has 0 atom stereocenters. The van der Waals surface area contributed by atoms with Gasteiger partial charge in [0.2, 0.25) is 0 Å². The minimum Gasteiger partial charge on any atom is -0.496 e. The molecule has 30 heavy (non-hydrogen) atoms. The molecule has 1 amide bonds. The number of amides is 1. The standard InChI is InChI=1S/C23H31N5O2/c1-30-22-9-3-2-7-18(22)8-6-14-24-19-10-12-20(13-11-19)28-17-21(25-26-28)23(29)27-15-4-5-16-27/h2-3,6-9,17,19-20,24H,4-5,10-16H2,1H3/b8-6+. The molecular weight excluding hydrogens is 378 g/mol. The lowest BCUT2D eigenvalue weighted by atomic mass is 9.91. The van der Waals surface area contributed by atoms with Crippen molar-refractivity contribution < 1.29 is 9.53 Å². The van der Waals surface area contributed by atoms with Gasteiger partial charge < -0.3 is 15.0 Å². The number of ether oxygens (including phenoxy) is 1. The number of nitrogens with zero attached hydrogens (tertiary/aromatic N) is 4. The SMILES string of the molecule is COc1ccccc1/C=C/CNC1CCC(n2cc(C(=O)N3CCCC3)nn2)CC1. The van der Waals surface area contributed by atoms with Crippen molar-refractivity contribution in [1.82, 2.24) is 25.2 Å². The summed E-state index contributed by atoms with van der Waals surface area (Å²) in [6.07, 6.45) is 12.6. The fraction of sp³-hybridized carbons (Fsp3) is 0.522. The van der Waals surface area contributed by atoms with Gasteiger partial charge in [-0.1, -0.05) is 35.6 Å². The van der Waals surface area contributed by atoms with Crippen LogP contribution in [0.25, 0.3) is 6.08 Å². The number of nitrogens with one attached hydrogen (secondary N) is 1. The number of aromatic nitrogens is 3. The van der Waals surface area contributed by atoms with Crippen LogP contribution in [0.4, 0.5) is 0 Å². The van der Waals surface area contributed by atoms with E-state index in [1.165, 1.54) is 0 Å². The maximum Gasteiger partial charge on any atom is 0.276 e. The molecule has 2 aliphatic rings. The van der Waals surface area contributed by atoms with Gasteiger partial charge in [0.25, 0.3) is 5.91 Å². The molecule has 1 N–H and O–H groups in total. The molecule has 2 heterocycles. The second kappa shape index (κ2) is 9.89. The highest BCUT2D eigenvalue weighted by atomic mass is 16.5. The highest BCUT2D eigenvalue weighted by Crippen LogP contribution is 2.28. The Hall–Kier alpha value is -2.67. The molecule has 2 fully saturated rings. The minimum atomic E-state index is 0.0240. The summed E-state index contributed by atoms with van der Waals surface area (Å²) in [5.41, 5.74) is 1.58. The lowest BCUT2D eigenvalue weighted by molar-refractivity contribution is 0.0787. The Morgan fingerprint density at radius 1 is 1.20 bits per heavy atom. The fourth-order valence-corrected chi connectivity index (χ4v) is 4.40. The summed E-state index contributed by atoms with van der Waals surface area (Å²) >= 11 is 0. The molecule has 1 aromatic carbocycles. The molecule has 0 radical (unpaired) electrons. The number of methoxy groups -OCH3 is 1. The van der Waals surface area contributed by atoms with E-state index in [1.54, 1.807) is 7.11 Å². The molecule has 1 saturated carbocycles. The summed E-state index contributed by atoms with van der Waals surface area (Å²) in [5.74, 6) is 0.917.